The van der Waals surface area contributed by atoms with Gasteiger partial charge in [0.25, 0.3) is 0 Å². The molecule has 0 N–H and O–H groups in total. The smallest absolute Gasteiger partial charge is 0.338 e. The number of hydrogen-bond acceptors (Lipinski definition) is 2. The fourth-order valence-electron chi connectivity index (χ4n) is 1.67. The van der Waals surface area contributed by atoms with Crippen LogP contribution in [0.5, 0.6) is 0 Å². The maximum Gasteiger partial charge on any atom is 0.338 e. The highest BCUT2D eigenvalue weighted by molar-refractivity contribution is 5.89. The molecule has 0 aliphatic carbocycles. The van der Waals surface area contributed by atoms with E-state index in [0.717, 1.165) is 12.8 Å². The van der Waals surface area contributed by atoms with Crippen molar-refractivity contribution in [3.8, 4) is 12.3 Å². The lowest BCUT2D eigenvalue weighted by Crippen LogP contribution is -2.14. The third-order valence-electron chi connectivity index (χ3n) is 2.56. The molecule has 0 bridgehead atoms. The number of benzene rings is 1. The number of ether oxygens (including phenoxy) is 1. The summed E-state index contributed by atoms with van der Waals surface area (Å²) in [5.74, 6) is 2.63. The first-order chi connectivity index (χ1) is 8.27. The molecule has 1 unspecified atom stereocenters. The van der Waals surface area contributed by atoms with Gasteiger partial charge in [-0.1, -0.05) is 31.5 Å². The van der Waals surface area contributed by atoms with E-state index >= 15 is 0 Å². The minimum absolute atomic E-state index is 0.274. The minimum Gasteiger partial charge on any atom is -0.462 e. The highest BCUT2D eigenvalue weighted by atomic mass is 16.5. The lowest BCUT2D eigenvalue weighted by atomic mass is 10.0. The Morgan fingerprint density at radius 1 is 1.41 bits per heavy atom. The fraction of sp³-hybridized carbons (Fsp3) is 0.400. The quantitative estimate of drug-likeness (QED) is 0.553. The second-order valence-corrected chi connectivity index (χ2v) is 4.03. The Morgan fingerprint density at radius 3 is 2.71 bits per heavy atom. The number of carbonyl (C=O) groups is 1. The van der Waals surface area contributed by atoms with Crippen LogP contribution < -0.4 is 0 Å². The zero-order valence-electron chi connectivity index (χ0n) is 10.2. The van der Waals surface area contributed by atoms with Crippen LogP contribution in [-0.2, 0) is 4.74 Å². The SMILES string of the molecule is C#CCC(CCC)COC(=O)c1ccccc1. The zero-order chi connectivity index (χ0) is 12.5. The Bertz CT molecular complexity index is 376. The van der Waals surface area contributed by atoms with Crippen LogP contribution >= 0.6 is 0 Å². The molecule has 1 atom stereocenters. The van der Waals surface area contributed by atoms with Crippen molar-refractivity contribution in [1.29, 1.82) is 0 Å². The third kappa shape index (κ3) is 4.74. The van der Waals surface area contributed by atoms with Crippen molar-refractivity contribution >= 4 is 5.97 Å². The highest BCUT2D eigenvalue weighted by Crippen LogP contribution is 2.12. The fourth-order valence-corrected chi connectivity index (χ4v) is 1.67. The molecular formula is C15H18O2. The number of carbonyl (C=O) groups excluding carboxylic acids is 1. The van der Waals surface area contributed by atoms with Crippen molar-refractivity contribution in [1.82, 2.24) is 0 Å². The summed E-state index contributed by atoms with van der Waals surface area (Å²) >= 11 is 0. The normalized spacial score (nSPS) is 11.5. The van der Waals surface area contributed by atoms with Gasteiger partial charge in [0.15, 0.2) is 0 Å². The molecule has 2 nitrogen and oxygen atoms in total. The molecule has 1 rings (SSSR count). The van der Waals surface area contributed by atoms with Crippen molar-refractivity contribution < 1.29 is 9.53 Å². The van der Waals surface area contributed by atoms with Crippen LogP contribution in [0.3, 0.4) is 0 Å². The third-order valence-corrected chi connectivity index (χ3v) is 2.56. The first kappa shape index (κ1) is 13.3. The summed E-state index contributed by atoms with van der Waals surface area (Å²) in [4.78, 5) is 11.7. The number of esters is 1. The van der Waals surface area contributed by atoms with Gasteiger partial charge in [0.2, 0.25) is 0 Å². The van der Waals surface area contributed by atoms with E-state index in [2.05, 4.69) is 12.8 Å². The average Bonchev–Trinajstić information content (AvgIpc) is 2.37. The standard InChI is InChI=1S/C15H18O2/c1-3-8-13(9-4-2)12-17-15(16)14-10-6-5-7-11-14/h1,5-7,10-11,13H,4,8-9,12H2,2H3. The van der Waals surface area contributed by atoms with Crippen molar-refractivity contribution in [3.05, 3.63) is 35.9 Å². The summed E-state index contributed by atoms with van der Waals surface area (Å²) in [5, 5.41) is 0. The van der Waals surface area contributed by atoms with Gasteiger partial charge in [-0.2, -0.15) is 0 Å². The van der Waals surface area contributed by atoms with Crippen molar-refractivity contribution in [2.75, 3.05) is 6.61 Å². The van der Waals surface area contributed by atoms with Crippen molar-refractivity contribution in [2.24, 2.45) is 5.92 Å². The van der Waals surface area contributed by atoms with Gasteiger partial charge in [-0.05, 0) is 18.6 Å². The maximum atomic E-state index is 11.7. The molecule has 2 heteroatoms. The van der Waals surface area contributed by atoms with Crippen molar-refractivity contribution in [2.45, 2.75) is 26.2 Å². The Hall–Kier alpha value is -1.75. The van der Waals surface area contributed by atoms with Gasteiger partial charge < -0.3 is 4.74 Å². The molecule has 0 fully saturated rings. The molecule has 17 heavy (non-hydrogen) atoms. The zero-order valence-corrected chi connectivity index (χ0v) is 10.2. The van der Waals surface area contributed by atoms with E-state index < -0.39 is 0 Å². The van der Waals surface area contributed by atoms with Gasteiger partial charge in [0.1, 0.15) is 0 Å². The Kier molecular flexibility index (Phi) is 5.88. The van der Waals surface area contributed by atoms with E-state index in [1.165, 1.54) is 0 Å². The summed E-state index contributed by atoms with van der Waals surface area (Å²) in [6.07, 6.45) is 7.99. The molecule has 0 aromatic heterocycles. The summed E-state index contributed by atoms with van der Waals surface area (Å²) in [7, 11) is 0. The molecule has 0 heterocycles. The van der Waals surface area contributed by atoms with E-state index in [1.807, 2.05) is 18.2 Å². The summed E-state index contributed by atoms with van der Waals surface area (Å²) < 4.78 is 5.26. The van der Waals surface area contributed by atoms with Crippen LogP contribution in [0.1, 0.15) is 36.5 Å². The van der Waals surface area contributed by atoms with Crippen LogP contribution in [0, 0.1) is 18.3 Å². The summed E-state index contributed by atoms with van der Waals surface area (Å²) in [6.45, 7) is 2.51. The largest absolute Gasteiger partial charge is 0.462 e. The van der Waals surface area contributed by atoms with E-state index in [9.17, 15) is 4.79 Å². The minimum atomic E-state index is -0.274. The monoisotopic (exact) mass is 230 g/mol. The van der Waals surface area contributed by atoms with E-state index in [-0.39, 0.29) is 11.9 Å². The van der Waals surface area contributed by atoms with Gasteiger partial charge in [0.05, 0.1) is 12.2 Å². The van der Waals surface area contributed by atoms with Crippen LogP contribution in [-0.4, -0.2) is 12.6 Å². The molecular weight excluding hydrogens is 212 g/mol. The van der Waals surface area contributed by atoms with E-state index in [0.29, 0.717) is 18.6 Å². The molecule has 1 aromatic carbocycles. The molecule has 0 saturated carbocycles. The first-order valence-corrected chi connectivity index (χ1v) is 5.93. The van der Waals surface area contributed by atoms with Gasteiger partial charge in [-0.3, -0.25) is 0 Å². The van der Waals surface area contributed by atoms with E-state index in [1.54, 1.807) is 12.1 Å². The number of hydrogen-bond donors (Lipinski definition) is 0. The van der Waals surface area contributed by atoms with Crippen LogP contribution in [0.4, 0.5) is 0 Å². The number of rotatable bonds is 6. The van der Waals surface area contributed by atoms with Crippen LogP contribution in [0.2, 0.25) is 0 Å². The Morgan fingerprint density at radius 2 is 2.12 bits per heavy atom. The van der Waals surface area contributed by atoms with Gasteiger partial charge >= 0.3 is 5.97 Å². The van der Waals surface area contributed by atoms with Gasteiger partial charge in [0, 0.05) is 12.3 Å². The lowest BCUT2D eigenvalue weighted by Gasteiger charge is -2.13. The highest BCUT2D eigenvalue weighted by Gasteiger charge is 2.11. The molecule has 0 radical (unpaired) electrons. The average molecular weight is 230 g/mol. The summed E-state index contributed by atoms with van der Waals surface area (Å²) in [6, 6.07) is 9.01. The molecule has 0 spiro atoms. The maximum absolute atomic E-state index is 11.7. The molecule has 0 aliphatic rings. The predicted octanol–water partition coefficient (Wildman–Crippen LogP) is 3.28. The molecule has 90 valence electrons. The van der Waals surface area contributed by atoms with Crippen molar-refractivity contribution in [3.63, 3.8) is 0 Å². The van der Waals surface area contributed by atoms with E-state index in [4.69, 9.17) is 11.2 Å². The Labute approximate surface area is 103 Å². The molecule has 0 aliphatic heterocycles. The van der Waals surface area contributed by atoms with Gasteiger partial charge in [-0.25, -0.2) is 4.79 Å². The first-order valence-electron chi connectivity index (χ1n) is 5.93. The second-order valence-electron chi connectivity index (χ2n) is 4.03. The second kappa shape index (κ2) is 7.51. The van der Waals surface area contributed by atoms with Crippen LogP contribution in [0.25, 0.3) is 0 Å². The lowest BCUT2D eigenvalue weighted by molar-refractivity contribution is 0.0435. The topological polar surface area (TPSA) is 26.3 Å². The van der Waals surface area contributed by atoms with Crippen LogP contribution in [0.15, 0.2) is 30.3 Å². The van der Waals surface area contributed by atoms with Gasteiger partial charge in [-0.15, -0.1) is 12.3 Å². The molecule has 0 saturated heterocycles. The molecule has 0 amide bonds. The summed E-state index contributed by atoms with van der Waals surface area (Å²) in [5.41, 5.74) is 0.587. The Balaban J connectivity index is 2.44. The number of terminal acetylenes is 1. The predicted molar refractivity (Wildman–Crippen MR) is 68.6 cm³/mol. The molecule has 1 aromatic rings.